The minimum absolute atomic E-state index is 0.123. The van der Waals surface area contributed by atoms with Crippen molar-refractivity contribution in [3.8, 4) is 11.5 Å². The molecule has 5 rings (SSSR count). The third-order valence-electron chi connectivity index (χ3n) is 6.21. The van der Waals surface area contributed by atoms with Gasteiger partial charge in [0.15, 0.2) is 11.6 Å². The summed E-state index contributed by atoms with van der Waals surface area (Å²) in [6.45, 7) is 6.46. The van der Waals surface area contributed by atoms with Gasteiger partial charge in [0.25, 0.3) is 0 Å². The zero-order valence-electron chi connectivity index (χ0n) is 19.3. The highest BCUT2D eigenvalue weighted by Crippen LogP contribution is 2.32. The smallest absolute Gasteiger partial charge is 0.222 e. The summed E-state index contributed by atoms with van der Waals surface area (Å²) in [6.07, 6.45) is 5.56. The summed E-state index contributed by atoms with van der Waals surface area (Å²) in [5.74, 6) is 1.20. The molecule has 9 heteroatoms. The summed E-state index contributed by atoms with van der Waals surface area (Å²) in [5, 5.41) is 3.94. The second-order valence-corrected chi connectivity index (χ2v) is 8.89. The Bertz CT molecular complexity index is 1310. The van der Waals surface area contributed by atoms with Crippen LogP contribution in [0, 0.1) is 5.82 Å². The maximum absolute atomic E-state index is 14.9. The lowest BCUT2D eigenvalue weighted by molar-refractivity contribution is 0.166. The Morgan fingerprint density at radius 3 is 2.88 bits per heavy atom. The van der Waals surface area contributed by atoms with E-state index >= 15 is 0 Å². The molecular formula is C25H28FN7O. The van der Waals surface area contributed by atoms with Crippen LogP contribution < -0.4 is 15.8 Å². The van der Waals surface area contributed by atoms with Gasteiger partial charge in [-0.15, -0.1) is 0 Å². The molecule has 1 aliphatic rings. The molecule has 1 atom stereocenters. The van der Waals surface area contributed by atoms with E-state index in [0.29, 0.717) is 34.9 Å². The van der Waals surface area contributed by atoms with E-state index in [-0.39, 0.29) is 11.7 Å². The number of aromatic amines is 1. The summed E-state index contributed by atoms with van der Waals surface area (Å²) >= 11 is 0. The molecule has 0 bridgehead atoms. The normalized spacial score (nSPS) is 16.8. The van der Waals surface area contributed by atoms with Gasteiger partial charge in [0.2, 0.25) is 5.95 Å². The number of aromatic nitrogens is 4. The van der Waals surface area contributed by atoms with Crippen molar-refractivity contribution in [2.24, 2.45) is 0 Å². The topological polar surface area (TPSA) is 105 Å². The fraction of sp³-hybridized carbons (Fsp3) is 0.320. The van der Waals surface area contributed by atoms with Crippen LogP contribution in [0.5, 0.6) is 11.5 Å². The van der Waals surface area contributed by atoms with E-state index < -0.39 is 5.82 Å². The number of nitrogen functional groups attached to an aromatic ring is 1. The van der Waals surface area contributed by atoms with Gasteiger partial charge < -0.3 is 25.7 Å². The summed E-state index contributed by atoms with van der Waals surface area (Å²) < 4.78 is 20.7. The number of halogens is 1. The average Bonchev–Trinajstić information content (AvgIpc) is 3.30. The first kappa shape index (κ1) is 22.1. The number of ether oxygens (including phenoxy) is 1. The molecule has 1 aliphatic heterocycles. The number of nitrogens with one attached hydrogen (secondary N) is 2. The van der Waals surface area contributed by atoms with E-state index in [2.05, 4.69) is 44.0 Å². The first-order valence-electron chi connectivity index (χ1n) is 11.5. The Hall–Kier alpha value is -3.72. The second-order valence-electron chi connectivity index (χ2n) is 8.89. The number of pyridine rings is 1. The van der Waals surface area contributed by atoms with Crippen LogP contribution in [0.15, 0.2) is 48.8 Å². The SMILES string of the molecule is CC(C)N1CCCC(c2cc(Nc3ccc(Oc4ccnc5[nH]ccc45)c(F)c3)nc(N)n2)C1. The number of nitrogens with zero attached hydrogens (tertiary/aromatic N) is 4. The molecule has 1 fully saturated rings. The largest absolute Gasteiger partial charge is 0.453 e. The number of H-pyrrole nitrogens is 1. The Labute approximate surface area is 197 Å². The average molecular weight is 462 g/mol. The molecule has 34 heavy (non-hydrogen) atoms. The molecule has 0 spiro atoms. The number of rotatable bonds is 6. The van der Waals surface area contributed by atoms with E-state index in [1.165, 1.54) is 6.07 Å². The Morgan fingerprint density at radius 2 is 2.06 bits per heavy atom. The number of piperidine rings is 1. The third-order valence-corrected chi connectivity index (χ3v) is 6.21. The molecular weight excluding hydrogens is 433 g/mol. The number of anilines is 3. The van der Waals surface area contributed by atoms with Crippen molar-refractivity contribution in [2.45, 2.75) is 38.6 Å². The van der Waals surface area contributed by atoms with Gasteiger partial charge in [-0.3, -0.25) is 0 Å². The molecule has 1 unspecified atom stereocenters. The lowest BCUT2D eigenvalue weighted by Crippen LogP contribution is -2.39. The molecule has 0 amide bonds. The van der Waals surface area contributed by atoms with E-state index in [0.717, 1.165) is 37.0 Å². The summed E-state index contributed by atoms with van der Waals surface area (Å²) in [4.78, 5) is 18.5. The number of hydrogen-bond donors (Lipinski definition) is 3. The van der Waals surface area contributed by atoms with E-state index in [9.17, 15) is 4.39 Å². The molecule has 0 radical (unpaired) electrons. The molecule has 8 nitrogen and oxygen atoms in total. The van der Waals surface area contributed by atoms with Crippen LogP contribution in [0.2, 0.25) is 0 Å². The highest BCUT2D eigenvalue weighted by molar-refractivity contribution is 5.82. The Morgan fingerprint density at radius 1 is 1.18 bits per heavy atom. The Balaban J connectivity index is 1.33. The first-order chi connectivity index (χ1) is 16.5. The van der Waals surface area contributed by atoms with Crippen LogP contribution in [0.25, 0.3) is 11.0 Å². The standard InChI is InChI=1S/C25H28FN7O/c1-15(2)33-11-3-4-16(14-33)20-13-23(32-25(27)31-20)30-17-5-6-22(19(26)12-17)34-21-8-10-29-24-18(21)7-9-28-24/h5-10,12-13,15-16H,3-4,11,14H2,1-2H3,(H,28,29)(H3,27,30,31,32). The number of likely N-dealkylation sites (tertiary alicyclic amines) is 1. The molecule has 0 aliphatic carbocycles. The van der Waals surface area contributed by atoms with Crippen LogP contribution in [0.1, 0.15) is 38.3 Å². The minimum Gasteiger partial charge on any atom is -0.453 e. The van der Waals surface area contributed by atoms with Crippen LogP contribution in [0.4, 0.5) is 21.8 Å². The van der Waals surface area contributed by atoms with Gasteiger partial charge in [-0.2, -0.15) is 4.98 Å². The Kier molecular flexibility index (Phi) is 6.02. The number of fused-ring (bicyclic) bond motifs is 1. The molecule has 4 aromatic rings. The monoisotopic (exact) mass is 461 g/mol. The van der Waals surface area contributed by atoms with Crippen LogP contribution >= 0.6 is 0 Å². The van der Waals surface area contributed by atoms with Crippen molar-refractivity contribution < 1.29 is 9.13 Å². The molecule has 0 saturated carbocycles. The summed E-state index contributed by atoms with van der Waals surface area (Å²) in [5.41, 5.74) is 8.15. The molecule has 3 aromatic heterocycles. The summed E-state index contributed by atoms with van der Waals surface area (Å²) in [6, 6.07) is 10.7. The lowest BCUT2D eigenvalue weighted by atomic mass is 9.93. The van der Waals surface area contributed by atoms with Crippen molar-refractivity contribution in [1.82, 2.24) is 24.8 Å². The van der Waals surface area contributed by atoms with E-state index in [1.54, 1.807) is 30.6 Å². The van der Waals surface area contributed by atoms with Gasteiger partial charge in [0, 0.05) is 48.7 Å². The number of hydrogen-bond acceptors (Lipinski definition) is 7. The predicted molar refractivity (Wildman–Crippen MR) is 131 cm³/mol. The lowest BCUT2D eigenvalue weighted by Gasteiger charge is -2.35. The van der Waals surface area contributed by atoms with Crippen molar-refractivity contribution in [3.05, 3.63) is 60.3 Å². The predicted octanol–water partition coefficient (Wildman–Crippen LogP) is 5.20. The van der Waals surface area contributed by atoms with Crippen molar-refractivity contribution in [1.29, 1.82) is 0 Å². The molecule has 176 valence electrons. The maximum atomic E-state index is 14.9. The van der Waals surface area contributed by atoms with Gasteiger partial charge in [0.1, 0.15) is 17.2 Å². The van der Waals surface area contributed by atoms with Gasteiger partial charge in [0.05, 0.1) is 11.1 Å². The van der Waals surface area contributed by atoms with Gasteiger partial charge in [-0.25, -0.2) is 14.4 Å². The zero-order valence-corrected chi connectivity index (χ0v) is 19.3. The quantitative estimate of drug-likeness (QED) is 0.362. The number of nitrogens with two attached hydrogens (primary N) is 1. The zero-order chi connectivity index (χ0) is 23.7. The van der Waals surface area contributed by atoms with Crippen LogP contribution in [-0.4, -0.2) is 44.0 Å². The highest BCUT2D eigenvalue weighted by atomic mass is 19.1. The molecule has 1 saturated heterocycles. The van der Waals surface area contributed by atoms with Crippen LogP contribution in [-0.2, 0) is 0 Å². The van der Waals surface area contributed by atoms with Crippen molar-refractivity contribution in [2.75, 3.05) is 24.1 Å². The van der Waals surface area contributed by atoms with Gasteiger partial charge >= 0.3 is 0 Å². The highest BCUT2D eigenvalue weighted by Gasteiger charge is 2.24. The first-order valence-corrected chi connectivity index (χ1v) is 11.5. The second kappa shape index (κ2) is 9.26. The minimum atomic E-state index is -0.493. The fourth-order valence-electron chi connectivity index (χ4n) is 4.43. The van der Waals surface area contributed by atoms with Crippen molar-refractivity contribution >= 4 is 28.5 Å². The van der Waals surface area contributed by atoms with Gasteiger partial charge in [-0.05, 0) is 57.5 Å². The molecule has 1 aromatic carbocycles. The summed E-state index contributed by atoms with van der Waals surface area (Å²) in [7, 11) is 0. The maximum Gasteiger partial charge on any atom is 0.222 e. The van der Waals surface area contributed by atoms with E-state index in [4.69, 9.17) is 10.5 Å². The van der Waals surface area contributed by atoms with Crippen LogP contribution in [0.3, 0.4) is 0 Å². The van der Waals surface area contributed by atoms with E-state index in [1.807, 2.05) is 12.1 Å². The number of benzene rings is 1. The third kappa shape index (κ3) is 4.65. The van der Waals surface area contributed by atoms with Crippen molar-refractivity contribution in [3.63, 3.8) is 0 Å². The molecule has 4 heterocycles. The molecule has 4 N–H and O–H groups in total. The van der Waals surface area contributed by atoms with Gasteiger partial charge in [-0.1, -0.05) is 0 Å². The fourth-order valence-corrected chi connectivity index (χ4v) is 4.43.